The predicted octanol–water partition coefficient (Wildman–Crippen LogP) is 4.66. The van der Waals surface area contributed by atoms with E-state index in [2.05, 4.69) is 5.32 Å². The van der Waals surface area contributed by atoms with Crippen LogP contribution in [0.1, 0.15) is 24.4 Å². The van der Waals surface area contributed by atoms with Crippen LogP contribution in [0.15, 0.2) is 6.07 Å². The van der Waals surface area contributed by atoms with E-state index in [0.29, 0.717) is 14.2 Å². The van der Waals surface area contributed by atoms with Gasteiger partial charge in [0.15, 0.2) is 0 Å². The molecule has 1 heterocycles. The molecule has 0 spiro atoms. The summed E-state index contributed by atoms with van der Waals surface area (Å²) in [5.74, 6) is 0. The number of hydrogen-bond donors (Lipinski definition) is 1. The summed E-state index contributed by atoms with van der Waals surface area (Å²) in [6.45, 7) is 0. The molecule has 16 heavy (non-hydrogen) atoms. The molecule has 0 amide bonds. The second-order valence-electron chi connectivity index (χ2n) is 3.27. The lowest BCUT2D eigenvalue weighted by Crippen LogP contribution is -2.19. The molecule has 0 aliphatic carbocycles. The lowest BCUT2D eigenvalue weighted by Gasteiger charge is -2.16. The summed E-state index contributed by atoms with van der Waals surface area (Å²) in [5, 5.41) is 2.81. The van der Waals surface area contributed by atoms with Crippen molar-refractivity contribution in [1.29, 1.82) is 0 Å². The molecular weight excluding hydrogens is 282 g/mol. The second kappa shape index (κ2) is 5.58. The molecule has 0 fully saturated rings. The van der Waals surface area contributed by atoms with E-state index in [0.717, 1.165) is 11.3 Å². The number of rotatable bonds is 4. The van der Waals surface area contributed by atoms with Crippen LogP contribution in [-0.2, 0) is 0 Å². The predicted molar refractivity (Wildman–Crippen MR) is 61.4 cm³/mol. The summed E-state index contributed by atoms with van der Waals surface area (Å²) in [5.41, 5.74) is 0.628. The maximum Gasteiger partial charge on any atom is 0.389 e. The monoisotopic (exact) mass is 291 g/mol. The zero-order valence-electron chi connectivity index (χ0n) is 8.37. The topological polar surface area (TPSA) is 12.0 Å². The highest BCUT2D eigenvalue weighted by atomic mass is 35.5. The Balaban J connectivity index is 2.71. The van der Waals surface area contributed by atoms with Gasteiger partial charge in [-0.3, -0.25) is 0 Å². The third-order valence-electron chi connectivity index (χ3n) is 2.12. The van der Waals surface area contributed by atoms with Crippen LogP contribution in [0.3, 0.4) is 0 Å². The van der Waals surface area contributed by atoms with Crippen molar-refractivity contribution < 1.29 is 13.2 Å². The van der Waals surface area contributed by atoms with Crippen molar-refractivity contribution in [3.05, 3.63) is 20.3 Å². The van der Waals surface area contributed by atoms with Crippen molar-refractivity contribution in [3.8, 4) is 0 Å². The Morgan fingerprint density at radius 1 is 1.44 bits per heavy atom. The van der Waals surface area contributed by atoms with E-state index in [4.69, 9.17) is 23.2 Å². The quantitative estimate of drug-likeness (QED) is 0.851. The fourth-order valence-corrected chi connectivity index (χ4v) is 2.93. The van der Waals surface area contributed by atoms with E-state index < -0.39 is 18.6 Å². The molecule has 1 nitrogen and oxygen atoms in total. The first-order chi connectivity index (χ1) is 7.33. The molecule has 0 aliphatic heterocycles. The van der Waals surface area contributed by atoms with E-state index >= 15 is 0 Å². The number of nitrogens with one attached hydrogen (secondary N) is 1. The Morgan fingerprint density at radius 2 is 2.06 bits per heavy atom. The van der Waals surface area contributed by atoms with Gasteiger partial charge in [-0.1, -0.05) is 23.2 Å². The van der Waals surface area contributed by atoms with Gasteiger partial charge >= 0.3 is 6.18 Å². The highest BCUT2D eigenvalue weighted by Gasteiger charge is 2.29. The first-order valence-corrected chi connectivity index (χ1v) is 6.09. The highest BCUT2D eigenvalue weighted by Crippen LogP contribution is 2.37. The minimum absolute atomic E-state index is 0.0488. The van der Waals surface area contributed by atoms with Gasteiger partial charge in [-0.05, 0) is 19.5 Å². The van der Waals surface area contributed by atoms with E-state index in [1.807, 2.05) is 0 Å². The Bertz CT molecular complexity index is 351. The second-order valence-corrected chi connectivity index (χ2v) is 5.56. The first-order valence-electron chi connectivity index (χ1n) is 4.52. The van der Waals surface area contributed by atoms with Gasteiger partial charge in [0.25, 0.3) is 0 Å². The number of halogens is 5. The summed E-state index contributed by atoms with van der Waals surface area (Å²) in [4.78, 5) is 0. The van der Waals surface area contributed by atoms with E-state index in [1.165, 1.54) is 0 Å². The van der Waals surface area contributed by atoms with Crippen molar-refractivity contribution in [2.24, 2.45) is 0 Å². The molecule has 7 heteroatoms. The SMILES string of the molecule is CNC(CCC(F)(F)F)c1cc(Cl)sc1Cl. The molecule has 1 N–H and O–H groups in total. The summed E-state index contributed by atoms with van der Waals surface area (Å²) in [6, 6.07) is 1.18. The van der Waals surface area contributed by atoms with Gasteiger partial charge < -0.3 is 5.32 Å². The fraction of sp³-hybridized carbons (Fsp3) is 0.556. The van der Waals surface area contributed by atoms with Crippen LogP contribution in [-0.4, -0.2) is 13.2 Å². The van der Waals surface area contributed by atoms with Gasteiger partial charge in [-0.2, -0.15) is 13.2 Å². The third-order valence-corrected chi connectivity index (χ3v) is 3.64. The zero-order chi connectivity index (χ0) is 12.3. The molecular formula is C9H10Cl2F3NS. The van der Waals surface area contributed by atoms with Gasteiger partial charge in [-0.15, -0.1) is 11.3 Å². The third kappa shape index (κ3) is 4.13. The normalized spacial score (nSPS) is 14.1. The molecule has 0 radical (unpaired) electrons. The first kappa shape index (κ1) is 14.1. The molecule has 1 aromatic heterocycles. The van der Waals surface area contributed by atoms with Crippen molar-refractivity contribution in [2.45, 2.75) is 25.1 Å². The highest BCUT2D eigenvalue weighted by molar-refractivity contribution is 7.20. The molecule has 1 rings (SSSR count). The summed E-state index contributed by atoms with van der Waals surface area (Å²) < 4.78 is 37.2. The molecule has 1 aromatic rings. The van der Waals surface area contributed by atoms with Gasteiger partial charge in [0.1, 0.15) is 0 Å². The maximum atomic E-state index is 12.1. The van der Waals surface area contributed by atoms with Crippen LogP contribution in [0, 0.1) is 0 Å². The number of hydrogen-bond acceptors (Lipinski definition) is 2. The van der Waals surface area contributed by atoms with Crippen LogP contribution in [0.4, 0.5) is 13.2 Å². The molecule has 0 saturated carbocycles. The van der Waals surface area contributed by atoms with Gasteiger partial charge in [0.05, 0.1) is 8.67 Å². The Kier molecular flexibility index (Phi) is 4.91. The molecule has 92 valence electrons. The zero-order valence-corrected chi connectivity index (χ0v) is 10.7. The van der Waals surface area contributed by atoms with Gasteiger partial charge in [0, 0.05) is 18.0 Å². The van der Waals surface area contributed by atoms with Crippen molar-refractivity contribution in [3.63, 3.8) is 0 Å². The smallest absolute Gasteiger partial charge is 0.313 e. The fourth-order valence-electron chi connectivity index (χ4n) is 1.35. The molecule has 0 aromatic carbocycles. The summed E-state index contributed by atoms with van der Waals surface area (Å²) in [6.07, 6.45) is -5.05. The Hall–Kier alpha value is 0.0300. The lowest BCUT2D eigenvalue weighted by atomic mass is 10.1. The van der Waals surface area contributed by atoms with Gasteiger partial charge in [0.2, 0.25) is 0 Å². The average molecular weight is 292 g/mol. The minimum atomic E-state index is -4.15. The standard InChI is InChI=1S/C9H10Cl2F3NS/c1-15-6(2-3-9(12,13)14)5-4-7(10)16-8(5)11/h4,6,15H,2-3H2,1H3. The molecule has 1 unspecified atom stereocenters. The Morgan fingerprint density at radius 3 is 2.44 bits per heavy atom. The largest absolute Gasteiger partial charge is 0.389 e. The number of alkyl halides is 3. The minimum Gasteiger partial charge on any atom is -0.313 e. The van der Waals surface area contributed by atoms with Crippen LogP contribution < -0.4 is 5.32 Å². The van der Waals surface area contributed by atoms with Crippen molar-refractivity contribution in [1.82, 2.24) is 5.32 Å². The van der Waals surface area contributed by atoms with Crippen LogP contribution in [0.2, 0.25) is 8.67 Å². The van der Waals surface area contributed by atoms with E-state index in [1.54, 1.807) is 13.1 Å². The van der Waals surface area contributed by atoms with Gasteiger partial charge in [-0.25, -0.2) is 0 Å². The summed E-state index contributed by atoms with van der Waals surface area (Å²) >= 11 is 12.8. The molecule has 0 bridgehead atoms. The molecule has 0 aliphatic rings. The van der Waals surface area contributed by atoms with Crippen LogP contribution in [0.25, 0.3) is 0 Å². The molecule has 1 atom stereocenters. The van der Waals surface area contributed by atoms with Crippen LogP contribution in [0.5, 0.6) is 0 Å². The summed E-state index contributed by atoms with van der Waals surface area (Å²) in [7, 11) is 1.60. The Labute approximate surface area is 106 Å². The lowest BCUT2D eigenvalue weighted by molar-refractivity contribution is -0.136. The number of thiophene rings is 1. The van der Waals surface area contributed by atoms with Crippen LogP contribution >= 0.6 is 34.5 Å². The van der Waals surface area contributed by atoms with E-state index in [-0.39, 0.29) is 6.42 Å². The van der Waals surface area contributed by atoms with Crippen molar-refractivity contribution >= 4 is 34.5 Å². The maximum absolute atomic E-state index is 12.1. The molecule has 0 saturated heterocycles. The van der Waals surface area contributed by atoms with Crippen molar-refractivity contribution in [2.75, 3.05) is 7.05 Å². The van der Waals surface area contributed by atoms with E-state index in [9.17, 15) is 13.2 Å². The average Bonchev–Trinajstić information content (AvgIpc) is 2.45.